The molecule has 1 unspecified atom stereocenters. The van der Waals surface area contributed by atoms with E-state index < -0.39 is 5.41 Å². The number of carbonyl (C=O) groups is 1. The summed E-state index contributed by atoms with van der Waals surface area (Å²) >= 11 is 5.41. The van der Waals surface area contributed by atoms with Crippen LogP contribution in [0.25, 0.3) is 0 Å². The Kier molecular flexibility index (Phi) is 11.7. The van der Waals surface area contributed by atoms with E-state index in [1.165, 1.54) is 16.7 Å². The number of esters is 1. The number of benzene rings is 2. The van der Waals surface area contributed by atoms with Gasteiger partial charge in [-0.1, -0.05) is 24.3 Å². The molecule has 8 heteroatoms. The highest BCUT2D eigenvalue weighted by Gasteiger charge is 2.25. The second kappa shape index (κ2) is 14.2. The van der Waals surface area contributed by atoms with E-state index in [2.05, 4.69) is 32.0 Å². The largest absolute Gasteiger partial charge is 0.493 e. The Morgan fingerprint density at radius 3 is 2.32 bits per heavy atom. The SMILES string of the molecule is COCOc1ccc(CN(CC(CCc2ccc(C)c(C)c2)COC(=O)C(C)(C)C)C(N)=S)cc1OC. The first-order valence-corrected chi connectivity index (χ1v) is 12.9. The first kappa shape index (κ1) is 30.4. The van der Waals surface area contributed by atoms with Crippen molar-refractivity contribution in [3.63, 3.8) is 0 Å². The van der Waals surface area contributed by atoms with Crippen molar-refractivity contribution in [1.82, 2.24) is 4.90 Å². The highest BCUT2D eigenvalue weighted by Crippen LogP contribution is 2.29. The van der Waals surface area contributed by atoms with Gasteiger partial charge in [-0.25, -0.2) is 0 Å². The molecule has 2 N–H and O–H groups in total. The summed E-state index contributed by atoms with van der Waals surface area (Å²) < 4.78 is 21.8. The van der Waals surface area contributed by atoms with E-state index in [1.54, 1.807) is 14.2 Å². The van der Waals surface area contributed by atoms with Crippen LogP contribution in [0.2, 0.25) is 0 Å². The summed E-state index contributed by atoms with van der Waals surface area (Å²) in [6.07, 6.45) is 1.69. The number of nitrogens with two attached hydrogens (primary N) is 1. The minimum atomic E-state index is -0.565. The Morgan fingerprint density at radius 2 is 1.73 bits per heavy atom. The molecular weight excluding hydrogens is 488 g/mol. The summed E-state index contributed by atoms with van der Waals surface area (Å²) in [4.78, 5) is 14.4. The summed E-state index contributed by atoms with van der Waals surface area (Å²) in [5.41, 5.74) is 10.3. The van der Waals surface area contributed by atoms with Crippen LogP contribution < -0.4 is 15.2 Å². The van der Waals surface area contributed by atoms with Gasteiger partial charge in [-0.15, -0.1) is 0 Å². The lowest BCUT2D eigenvalue weighted by Gasteiger charge is -2.29. The molecule has 0 spiro atoms. The fourth-order valence-corrected chi connectivity index (χ4v) is 3.92. The zero-order valence-corrected chi connectivity index (χ0v) is 24.1. The second-order valence-corrected chi connectivity index (χ2v) is 10.8. The molecule has 0 radical (unpaired) electrons. The van der Waals surface area contributed by atoms with Crippen molar-refractivity contribution in [3.05, 3.63) is 58.7 Å². The number of ether oxygens (including phenoxy) is 4. The molecule has 0 saturated carbocycles. The van der Waals surface area contributed by atoms with E-state index in [4.69, 9.17) is 36.9 Å². The number of rotatable bonds is 13. The third-order valence-electron chi connectivity index (χ3n) is 6.20. The first-order chi connectivity index (χ1) is 17.4. The van der Waals surface area contributed by atoms with Gasteiger partial charge in [0.2, 0.25) is 0 Å². The number of hydrogen-bond acceptors (Lipinski definition) is 6. The molecule has 0 saturated heterocycles. The monoisotopic (exact) mass is 530 g/mol. The Labute approximate surface area is 227 Å². The molecule has 2 aromatic carbocycles. The molecule has 1 atom stereocenters. The van der Waals surface area contributed by atoms with Crippen molar-refractivity contribution >= 4 is 23.3 Å². The predicted molar refractivity (Wildman–Crippen MR) is 151 cm³/mol. The van der Waals surface area contributed by atoms with Crippen LogP contribution in [0.5, 0.6) is 11.5 Å². The normalized spacial score (nSPS) is 12.1. The lowest BCUT2D eigenvalue weighted by molar-refractivity contribution is -0.154. The van der Waals surface area contributed by atoms with E-state index in [0.29, 0.717) is 31.2 Å². The molecule has 2 rings (SSSR count). The van der Waals surface area contributed by atoms with Crippen LogP contribution in [0.1, 0.15) is 49.4 Å². The van der Waals surface area contributed by atoms with E-state index in [1.807, 2.05) is 43.9 Å². The van der Waals surface area contributed by atoms with Gasteiger partial charge in [0.15, 0.2) is 23.4 Å². The Hall–Kier alpha value is -2.84. The molecule has 0 aliphatic carbocycles. The highest BCUT2D eigenvalue weighted by molar-refractivity contribution is 7.80. The van der Waals surface area contributed by atoms with Gasteiger partial charge in [0.1, 0.15) is 0 Å². The summed E-state index contributed by atoms with van der Waals surface area (Å²) in [6.45, 7) is 11.3. The maximum absolute atomic E-state index is 12.5. The van der Waals surface area contributed by atoms with Gasteiger partial charge in [0.25, 0.3) is 0 Å². The van der Waals surface area contributed by atoms with Crippen molar-refractivity contribution in [2.45, 2.75) is 54.0 Å². The Morgan fingerprint density at radius 1 is 1.03 bits per heavy atom. The summed E-state index contributed by atoms with van der Waals surface area (Å²) in [7, 11) is 3.16. The standard InChI is InChI=1S/C29H42N2O5S/c1-20-8-9-22(14-21(20)2)10-11-24(18-35-27(32)29(3,4)5)17-31(28(30)37)16-23-12-13-25(36-19-33-6)26(15-23)34-7/h8-9,12-15,24H,10-11,16-19H2,1-7H3,(H2,30,37). The molecule has 0 fully saturated rings. The van der Waals surface area contributed by atoms with Crippen LogP contribution in [0.15, 0.2) is 36.4 Å². The van der Waals surface area contributed by atoms with Gasteiger partial charge in [0, 0.05) is 26.1 Å². The van der Waals surface area contributed by atoms with Crippen molar-refractivity contribution < 1.29 is 23.7 Å². The van der Waals surface area contributed by atoms with Crippen LogP contribution in [0, 0.1) is 25.2 Å². The Balaban J connectivity index is 2.18. The molecule has 204 valence electrons. The minimum absolute atomic E-state index is 0.0422. The highest BCUT2D eigenvalue weighted by atomic mass is 32.1. The molecule has 0 aliphatic heterocycles. The molecule has 2 aromatic rings. The molecule has 37 heavy (non-hydrogen) atoms. The number of thiocarbonyl (C=S) groups is 1. The first-order valence-electron chi connectivity index (χ1n) is 12.5. The maximum atomic E-state index is 12.5. The van der Waals surface area contributed by atoms with Crippen LogP contribution in [0.3, 0.4) is 0 Å². The van der Waals surface area contributed by atoms with Crippen LogP contribution in [-0.4, -0.2) is 50.1 Å². The molecule has 7 nitrogen and oxygen atoms in total. The summed E-state index contributed by atoms with van der Waals surface area (Å²) in [5.74, 6) is 1.01. The summed E-state index contributed by atoms with van der Waals surface area (Å²) in [5, 5.41) is 0.289. The predicted octanol–water partition coefficient (Wildman–Crippen LogP) is 5.18. The van der Waals surface area contributed by atoms with Gasteiger partial charge >= 0.3 is 5.97 Å². The van der Waals surface area contributed by atoms with Crippen LogP contribution in [-0.2, 0) is 27.2 Å². The fraction of sp³-hybridized carbons (Fsp3) is 0.517. The van der Waals surface area contributed by atoms with Gasteiger partial charge in [0.05, 0.1) is 19.1 Å². The molecule has 0 aromatic heterocycles. The van der Waals surface area contributed by atoms with Gasteiger partial charge < -0.3 is 29.6 Å². The molecule has 0 bridgehead atoms. The number of hydrogen-bond donors (Lipinski definition) is 1. The van der Waals surface area contributed by atoms with E-state index in [-0.39, 0.29) is 23.8 Å². The van der Waals surface area contributed by atoms with Crippen molar-refractivity contribution in [2.75, 3.05) is 34.2 Å². The van der Waals surface area contributed by atoms with Crippen LogP contribution in [0.4, 0.5) is 0 Å². The van der Waals surface area contributed by atoms with Crippen molar-refractivity contribution in [3.8, 4) is 11.5 Å². The zero-order chi connectivity index (χ0) is 27.6. The van der Waals surface area contributed by atoms with Gasteiger partial charge in [-0.2, -0.15) is 0 Å². The van der Waals surface area contributed by atoms with Gasteiger partial charge in [-0.3, -0.25) is 4.79 Å². The number of carbonyl (C=O) groups excluding carboxylic acids is 1. The smallest absolute Gasteiger partial charge is 0.311 e. The molecule has 0 aliphatic rings. The van der Waals surface area contributed by atoms with Crippen molar-refractivity contribution in [2.24, 2.45) is 17.1 Å². The van der Waals surface area contributed by atoms with E-state index in [9.17, 15) is 4.79 Å². The average molecular weight is 531 g/mol. The second-order valence-electron chi connectivity index (χ2n) is 10.4. The summed E-state index contributed by atoms with van der Waals surface area (Å²) in [6, 6.07) is 12.2. The topological polar surface area (TPSA) is 83.2 Å². The third kappa shape index (κ3) is 9.85. The Bertz CT molecular complexity index is 1050. The van der Waals surface area contributed by atoms with Crippen molar-refractivity contribution in [1.29, 1.82) is 0 Å². The molecular formula is C29H42N2O5S. The van der Waals surface area contributed by atoms with E-state index >= 15 is 0 Å². The number of methoxy groups -OCH3 is 2. The quantitative estimate of drug-likeness (QED) is 0.216. The third-order valence-corrected chi connectivity index (χ3v) is 6.46. The lowest BCUT2D eigenvalue weighted by Crippen LogP contribution is -2.40. The fourth-order valence-electron chi connectivity index (χ4n) is 3.78. The number of aryl methyl sites for hydroxylation is 3. The average Bonchev–Trinajstić information content (AvgIpc) is 2.85. The van der Waals surface area contributed by atoms with Gasteiger partial charge in [-0.05, 0) is 94.1 Å². The minimum Gasteiger partial charge on any atom is -0.493 e. The number of nitrogens with zero attached hydrogens (tertiary/aromatic N) is 1. The lowest BCUT2D eigenvalue weighted by atomic mass is 9.96. The van der Waals surface area contributed by atoms with Crippen LogP contribution >= 0.6 is 12.2 Å². The maximum Gasteiger partial charge on any atom is 0.311 e. The molecule has 0 heterocycles. The van der Waals surface area contributed by atoms with E-state index in [0.717, 1.165) is 18.4 Å². The molecule has 0 amide bonds. The zero-order valence-electron chi connectivity index (χ0n) is 23.3.